The molecule has 3 aromatic rings. The summed E-state index contributed by atoms with van der Waals surface area (Å²) in [5.41, 5.74) is 2.18. The molecule has 0 saturated carbocycles. The second-order valence-electron chi connectivity index (χ2n) is 5.86. The van der Waals surface area contributed by atoms with Crippen LogP contribution in [0.1, 0.15) is 19.4 Å². The first-order chi connectivity index (χ1) is 12.1. The molecule has 0 amide bonds. The van der Waals surface area contributed by atoms with Crippen LogP contribution in [0.25, 0.3) is 21.9 Å². The van der Waals surface area contributed by atoms with Crippen LogP contribution in [0.5, 0.6) is 5.75 Å². The fraction of sp³-hybridized carbons (Fsp3) is 0.182. The molecule has 128 valence electrons. The van der Waals surface area contributed by atoms with E-state index in [1.165, 1.54) is 0 Å². The average molecular weight is 338 g/mol. The lowest BCUT2D eigenvalue weighted by molar-refractivity contribution is 0.363. The Morgan fingerprint density at radius 2 is 1.64 bits per heavy atom. The summed E-state index contributed by atoms with van der Waals surface area (Å²) in [6.45, 7) is 4.28. The van der Waals surface area contributed by atoms with Gasteiger partial charge in [0.2, 0.25) is 0 Å². The van der Waals surface area contributed by atoms with Crippen molar-refractivity contribution in [1.82, 2.24) is 0 Å². The SMILES string of the molecule is CC=CCOc1ccc(-c2ccc3cc(CC)c(F)c(F)c3c2)cc1. The molecule has 3 aromatic carbocycles. The fourth-order valence-electron chi connectivity index (χ4n) is 2.80. The van der Waals surface area contributed by atoms with E-state index in [1.807, 2.05) is 62.4 Å². The Labute approximate surface area is 146 Å². The Morgan fingerprint density at radius 3 is 2.32 bits per heavy atom. The van der Waals surface area contributed by atoms with Crippen LogP contribution in [0.3, 0.4) is 0 Å². The zero-order chi connectivity index (χ0) is 17.8. The third-order valence-electron chi connectivity index (χ3n) is 4.24. The Balaban J connectivity index is 1.95. The van der Waals surface area contributed by atoms with Crippen molar-refractivity contribution < 1.29 is 13.5 Å². The molecule has 0 radical (unpaired) electrons. The summed E-state index contributed by atoms with van der Waals surface area (Å²) in [6, 6.07) is 14.8. The molecule has 0 unspecified atom stereocenters. The summed E-state index contributed by atoms with van der Waals surface area (Å²) >= 11 is 0. The molecule has 0 aliphatic heterocycles. The second kappa shape index (κ2) is 7.47. The quantitative estimate of drug-likeness (QED) is 0.496. The summed E-state index contributed by atoms with van der Waals surface area (Å²) in [5.74, 6) is -0.755. The van der Waals surface area contributed by atoms with Gasteiger partial charge in [0.1, 0.15) is 12.4 Å². The van der Waals surface area contributed by atoms with E-state index in [2.05, 4.69) is 0 Å². The van der Waals surface area contributed by atoms with Crippen LogP contribution in [0.2, 0.25) is 0 Å². The van der Waals surface area contributed by atoms with Gasteiger partial charge in [-0.15, -0.1) is 0 Å². The van der Waals surface area contributed by atoms with Gasteiger partial charge in [-0.05, 0) is 59.7 Å². The lowest BCUT2D eigenvalue weighted by Crippen LogP contribution is -1.95. The van der Waals surface area contributed by atoms with Crippen LogP contribution in [0.15, 0.2) is 60.7 Å². The van der Waals surface area contributed by atoms with Crippen LogP contribution in [0, 0.1) is 11.6 Å². The molecule has 0 saturated heterocycles. The molecule has 0 aliphatic rings. The monoisotopic (exact) mass is 338 g/mol. The number of fused-ring (bicyclic) bond motifs is 1. The molecule has 3 rings (SSSR count). The minimum atomic E-state index is -0.775. The zero-order valence-corrected chi connectivity index (χ0v) is 14.4. The van der Waals surface area contributed by atoms with Crippen molar-refractivity contribution in [3.05, 3.63) is 77.9 Å². The largest absolute Gasteiger partial charge is 0.490 e. The van der Waals surface area contributed by atoms with Gasteiger partial charge in [-0.3, -0.25) is 0 Å². The van der Waals surface area contributed by atoms with Crippen molar-refractivity contribution in [2.24, 2.45) is 0 Å². The molecular formula is C22H20F2O. The van der Waals surface area contributed by atoms with Crippen LogP contribution in [-0.2, 0) is 6.42 Å². The van der Waals surface area contributed by atoms with E-state index >= 15 is 0 Å². The van der Waals surface area contributed by atoms with E-state index in [-0.39, 0.29) is 0 Å². The van der Waals surface area contributed by atoms with Crippen LogP contribution in [-0.4, -0.2) is 6.61 Å². The van der Waals surface area contributed by atoms with E-state index < -0.39 is 11.6 Å². The Kier molecular flexibility index (Phi) is 5.13. The number of ether oxygens (including phenoxy) is 1. The topological polar surface area (TPSA) is 9.23 Å². The minimum absolute atomic E-state index is 0.306. The summed E-state index contributed by atoms with van der Waals surface area (Å²) < 4.78 is 34.0. The van der Waals surface area contributed by atoms with Crippen molar-refractivity contribution in [2.45, 2.75) is 20.3 Å². The van der Waals surface area contributed by atoms with Gasteiger partial charge in [-0.2, -0.15) is 0 Å². The van der Waals surface area contributed by atoms with Crippen LogP contribution < -0.4 is 4.74 Å². The number of allylic oxidation sites excluding steroid dienone is 1. The van der Waals surface area contributed by atoms with E-state index in [9.17, 15) is 8.78 Å². The van der Waals surface area contributed by atoms with E-state index in [4.69, 9.17) is 4.74 Å². The first-order valence-corrected chi connectivity index (χ1v) is 8.39. The molecule has 0 fully saturated rings. The Bertz CT molecular complexity index is 911. The van der Waals surface area contributed by atoms with Crippen LogP contribution >= 0.6 is 0 Å². The zero-order valence-electron chi connectivity index (χ0n) is 14.4. The van der Waals surface area contributed by atoms with E-state index in [0.717, 1.165) is 16.9 Å². The summed E-state index contributed by atoms with van der Waals surface area (Å²) in [5, 5.41) is 1.02. The molecule has 0 aromatic heterocycles. The molecule has 0 atom stereocenters. The van der Waals surface area contributed by atoms with Crippen LogP contribution in [0.4, 0.5) is 8.78 Å². The highest BCUT2D eigenvalue weighted by Gasteiger charge is 2.13. The highest BCUT2D eigenvalue weighted by molar-refractivity contribution is 5.88. The third-order valence-corrected chi connectivity index (χ3v) is 4.24. The summed E-state index contributed by atoms with van der Waals surface area (Å²) in [6.07, 6.45) is 4.33. The second-order valence-corrected chi connectivity index (χ2v) is 5.86. The van der Waals surface area contributed by atoms with Crippen molar-refractivity contribution in [3.8, 4) is 16.9 Å². The lowest BCUT2D eigenvalue weighted by Gasteiger charge is -2.09. The molecule has 0 N–H and O–H groups in total. The number of hydrogen-bond donors (Lipinski definition) is 0. The molecule has 25 heavy (non-hydrogen) atoms. The maximum absolute atomic E-state index is 14.4. The summed E-state index contributed by atoms with van der Waals surface area (Å²) in [7, 11) is 0. The van der Waals surface area contributed by atoms with Gasteiger partial charge in [-0.25, -0.2) is 8.78 Å². The summed E-state index contributed by atoms with van der Waals surface area (Å²) in [4.78, 5) is 0. The third kappa shape index (κ3) is 3.55. The fourth-order valence-corrected chi connectivity index (χ4v) is 2.80. The van der Waals surface area contributed by atoms with Gasteiger partial charge in [0, 0.05) is 5.39 Å². The number of aryl methyl sites for hydroxylation is 1. The van der Waals surface area contributed by atoms with Gasteiger partial charge in [-0.1, -0.05) is 43.3 Å². The standard InChI is InChI=1S/C22H20F2O/c1-3-5-12-25-19-10-8-16(9-11-19)17-6-7-18-13-15(4-2)21(23)22(24)20(18)14-17/h3,5-11,13-14H,4,12H2,1-2H3. The molecule has 0 bridgehead atoms. The smallest absolute Gasteiger partial charge is 0.166 e. The highest BCUT2D eigenvalue weighted by Crippen LogP contribution is 2.30. The van der Waals surface area contributed by atoms with Gasteiger partial charge in [0.15, 0.2) is 11.6 Å². The molecule has 1 nitrogen and oxygen atoms in total. The average Bonchev–Trinajstić information content (AvgIpc) is 2.65. The maximum atomic E-state index is 14.4. The number of halogens is 2. The van der Waals surface area contributed by atoms with Crippen molar-refractivity contribution in [1.29, 1.82) is 0 Å². The number of rotatable bonds is 5. The molecule has 3 heteroatoms. The first-order valence-electron chi connectivity index (χ1n) is 8.39. The molecule has 0 aliphatic carbocycles. The Hall–Kier alpha value is -2.68. The molecular weight excluding hydrogens is 318 g/mol. The maximum Gasteiger partial charge on any atom is 0.166 e. The van der Waals surface area contributed by atoms with Gasteiger partial charge < -0.3 is 4.74 Å². The highest BCUT2D eigenvalue weighted by atomic mass is 19.2. The Morgan fingerprint density at radius 1 is 0.920 bits per heavy atom. The van der Waals surface area contributed by atoms with E-state index in [0.29, 0.717) is 29.4 Å². The van der Waals surface area contributed by atoms with Crippen molar-refractivity contribution >= 4 is 10.8 Å². The van der Waals surface area contributed by atoms with Gasteiger partial charge in [0.05, 0.1) is 0 Å². The van der Waals surface area contributed by atoms with Gasteiger partial charge in [0.25, 0.3) is 0 Å². The lowest BCUT2D eigenvalue weighted by atomic mass is 9.98. The van der Waals surface area contributed by atoms with Crippen molar-refractivity contribution in [3.63, 3.8) is 0 Å². The minimum Gasteiger partial charge on any atom is -0.490 e. The van der Waals surface area contributed by atoms with Gasteiger partial charge >= 0.3 is 0 Å². The van der Waals surface area contributed by atoms with Crippen molar-refractivity contribution in [2.75, 3.05) is 6.61 Å². The molecule has 0 spiro atoms. The number of hydrogen-bond acceptors (Lipinski definition) is 1. The number of benzene rings is 3. The normalized spacial score (nSPS) is 11.4. The molecule has 0 heterocycles. The predicted octanol–water partition coefficient (Wildman–Crippen LogP) is 6.30. The first kappa shape index (κ1) is 17.2. The van der Waals surface area contributed by atoms with E-state index in [1.54, 1.807) is 12.1 Å². The predicted molar refractivity (Wildman–Crippen MR) is 99.0 cm³/mol.